The van der Waals surface area contributed by atoms with Crippen LogP contribution >= 0.6 is 11.6 Å². The van der Waals surface area contributed by atoms with Crippen molar-refractivity contribution in [2.45, 2.75) is 26.3 Å². The molecule has 0 spiro atoms. The van der Waals surface area contributed by atoms with Gasteiger partial charge in [-0.1, -0.05) is 37.6 Å². The first-order valence-electron chi connectivity index (χ1n) is 9.48. The highest BCUT2D eigenvalue weighted by molar-refractivity contribution is 6.33. The van der Waals surface area contributed by atoms with Crippen molar-refractivity contribution < 1.29 is 18.7 Å². The largest absolute Gasteiger partial charge is 0.494 e. The molecule has 2 aromatic rings. The minimum absolute atomic E-state index is 0.0909. The minimum atomic E-state index is -0.665. The Morgan fingerprint density at radius 2 is 1.79 bits per heavy atom. The average molecular weight is 421 g/mol. The molecule has 1 N–H and O–H groups in total. The van der Waals surface area contributed by atoms with E-state index in [1.54, 1.807) is 48.3 Å². The molecular weight excluding hydrogens is 395 g/mol. The molecule has 0 aliphatic carbocycles. The van der Waals surface area contributed by atoms with Crippen LogP contribution in [0.4, 0.5) is 4.39 Å². The quantitative estimate of drug-likeness (QED) is 0.619. The predicted molar refractivity (Wildman–Crippen MR) is 112 cm³/mol. The number of halogens is 2. The summed E-state index contributed by atoms with van der Waals surface area (Å²) in [6.45, 7) is 4.61. The minimum Gasteiger partial charge on any atom is -0.494 e. The molecule has 2 aromatic carbocycles. The van der Waals surface area contributed by atoms with E-state index in [9.17, 15) is 14.0 Å². The number of carbonyl (C=O) groups is 2. The van der Waals surface area contributed by atoms with Crippen LogP contribution in [-0.2, 0) is 4.79 Å². The number of benzene rings is 2. The van der Waals surface area contributed by atoms with E-state index in [2.05, 4.69) is 5.32 Å². The van der Waals surface area contributed by atoms with Crippen LogP contribution in [0.5, 0.6) is 5.75 Å². The van der Waals surface area contributed by atoms with Gasteiger partial charge in [0.2, 0.25) is 5.91 Å². The van der Waals surface area contributed by atoms with E-state index in [0.717, 1.165) is 0 Å². The molecule has 2 rings (SSSR count). The van der Waals surface area contributed by atoms with Crippen LogP contribution in [0.1, 0.15) is 30.6 Å². The summed E-state index contributed by atoms with van der Waals surface area (Å²) in [5.74, 6) is -0.390. The molecule has 156 valence electrons. The van der Waals surface area contributed by atoms with Gasteiger partial charge in [0, 0.05) is 13.6 Å². The van der Waals surface area contributed by atoms with E-state index in [4.69, 9.17) is 16.3 Å². The molecule has 0 bridgehead atoms. The highest BCUT2D eigenvalue weighted by atomic mass is 35.5. The number of carbonyl (C=O) groups excluding carboxylic acids is 2. The number of nitrogens with zero attached hydrogens (tertiary/aromatic N) is 1. The Morgan fingerprint density at radius 3 is 2.41 bits per heavy atom. The van der Waals surface area contributed by atoms with Crippen LogP contribution in [0.25, 0.3) is 0 Å². The summed E-state index contributed by atoms with van der Waals surface area (Å²) in [6.07, 6.45) is 0.600. The topological polar surface area (TPSA) is 58.6 Å². The number of rotatable bonds is 9. The zero-order chi connectivity index (χ0) is 21.4. The van der Waals surface area contributed by atoms with Gasteiger partial charge in [0.15, 0.2) is 0 Å². The van der Waals surface area contributed by atoms with Crippen LogP contribution in [0, 0.1) is 11.7 Å². The second-order valence-electron chi connectivity index (χ2n) is 7.09. The van der Waals surface area contributed by atoms with E-state index in [0.29, 0.717) is 35.9 Å². The summed E-state index contributed by atoms with van der Waals surface area (Å²) in [5.41, 5.74) is 0.336. The van der Waals surface area contributed by atoms with Gasteiger partial charge >= 0.3 is 0 Å². The maximum Gasteiger partial charge on any atom is 0.253 e. The normalized spacial score (nSPS) is 11.8. The Balaban J connectivity index is 1.87. The third-order valence-electron chi connectivity index (χ3n) is 4.43. The lowest BCUT2D eigenvalue weighted by Gasteiger charge is -2.27. The molecule has 0 aliphatic heterocycles. The van der Waals surface area contributed by atoms with Gasteiger partial charge in [-0.15, -0.1) is 0 Å². The van der Waals surface area contributed by atoms with E-state index in [1.165, 1.54) is 12.1 Å². The summed E-state index contributed by atoms with van der Waals surface area (Å²) in [7, 11) is 1.69. The van der Waals surface area contributed by atoms with Crippen molar-refractivity contribution in [1.29, 1.82) is 0 Å². The van der Waals surface area contributed by atoms with Crippen molar-refractivity contribution in [1.82, 2.24) is 10.2 Å². The smallest absolute Gasteiger partial charge is 0.253 e. The first kappa shape index (κ1) is 22.7. The first-order valence-corrected chi connectivity index (χ1v) is 9.86. The van der Waals surface area contributed by atoms with Gasteiger partial charge in [-0.05, 0) is 48.7 Å². The van der Waals surface area contributed by atoms with Gasteiger partial charge in [0.25, 0.3) is 5.91 Å². The van der Waals surface area contributed by atoms with Gasteiger partial charge in [-0.2, -0.15) is 0 Å². The fraction of sp³-hybridized carbons (Fsp3) is 0.364. The van der Waals surface area contributed by atoms with Crippen molar-refractivity contribution >= 4 is 23.4 Å². The molecule has 2 amide bonds. The lowest BCUT2D eigenvalue weighted by Crippen LogP contribution is -2.50. The summed E-state index contributed by atoms with van der Waals surface area (Å²) in [4.78, 5) is 26.9. The lowest BCUT2D eigenvalue weighted by molar-refractivity contribution is -0.133. The summed E-state index contributed by atoms with van der Waals surface area (Å²) in [5, 5.41) is 3.13. The van der Waals surface area contributed by atoms with Crippen molar-refractivity contribution in [2.24, 2.45) is 5.92 Å². The van der Waals surface area contributed by atoms with Gasteiger partial charge < -0.3 is 15.0 Å². The summed E-state index contributed by atoms with van der Waals surface area (Å²) < 4.78 is 18.4. The van der Waals surface area contributed by atoms with E-state index >= 15 is 0 Å². The highest BCUT2D eigenvalue weighted by Crippen LogP contribution is 2.16. The molecule has 0 radical (unpaired) electrons. The van der Waals surface area contributed by atoms with Crippen molar-refractivity contribution in [3.05, 3.63) is 64.9 Å². The molecule has 0 aromatic heterocycles. The Morgan fingerprint density at radius 1 is 1.14 bits per heavy atom. The van der Waals surface area contributed by atoms with Gasteiger partial charge in [0.1, 0.15) is 17.6 Å². The number of amides is 2. The van der Waals surface area contributed by atoms with Crippen LogP contribution < -0.4 is 10.1 Å². The average Bonchev–Trinajstić information content (AvgIpc) is 2.70. The molecule has 0 saturated carbocycles. The number of likely N-dealkylation sites (N-methyl/N-ethyl adjacent to an activating group) is 1. The molecule has 5 nitrogen and oxygen atoms in total. The zero-order valence-corrected chi connectivity index (χ0v) is 17.6. The first-order chi connectivity index (χ1) is 13.8. The molecule has 0 fully saturated rings. The second kappa shape index (κ2) is 10.8. The number of hydrogen-bond acceptors (Lipinski definition) is 3. The van der Waals surface area contributed by atoms with Crippen molar-refractivity contribution in [2.75, 3.05) is 20.2 Å². The fourth-order valence-electron chi connectivity index (χ4n) is 2.75. The second-order valence-corrected chi connectivity index (χ2v) is 7.50. The molecular formula is C22H26ClFN2O3. The Labute approximate surface area is 175 Å². The number of hydrogen-bond donors (Lipinski definition) is 1. The third kappa shape index (κ3) is 6.75. The molecule has 29 heavy (non-hydrogen) atoms. The standard InChI is InChI=1S/C22H26ClFN2O3/c1-15(2)20(25-21(27)18-7-4-5-8-19(18)23)22(28)26(3)13-6-14-29-17-11-9-16(24)10-12-17/h4-5,7-12,15,20H,6,13-14H2,1-3H3,(H,25,27). The maximum atomic E-state index is 12.9. The number of nitrogens with one attached hydrogen (secondary N) is 1. The van der Waals surface area contributed by atoms with Crippen molar-refractivity contribution in [3.63, 3.8) is 0 Å². The summed E-state index contributed by atoms with van der Waals surface area (Å²) >= 11 is 6.08. The lowest BCUT2D eigenvalue weighted by atomic mass is 10.0. The van der Waals surface area contributed by atoms with E-state index in [1.807, 2.05) is 13.8 Å². The van der Waals surface area contributed by atoms with E-state index in [-0.39, 0.29) is 23.5 Å². The summed E-state index contributed by atoms with van der Waals surface area (Å²) in [6, 6.07) is 11.8. The van der Waals surface area contributed by atoms with Crippen molar-refractivity contribution in [3.8, 4) is 5.75 Å². The Kier molecular flexibility index (Phi) is 8.46. The Bertz CT molecular complexity index is 827. The molecule has 0 aliphatic rings. The van der Waals surface area contributed by atoms with Crippen LogP contribution in [0.2, 0.25) is 5.02 Å². The molecule has 0 heterocycles. The monoisotopic (exact) mass is 420 g/mol. The Hall–Kier alpha value is -2.60. The number of ether oxygens (including phenoxy) is 1. The maximum absolute atomic E-state index is 12.9. The molecule has 7 heteroatoms. The van der Waals surface area contributed by atoms with Crippen LogP contribution in [0.3, 0.4) is 0 Å². The predicted octanol–water partition coefficient (Wildman–Crippen LogP) is 4.16. The van der Waals surface area contributed by atoms with Crippen LogP contribution in [-0.4, -0.2) is 43.0 Å². The van der Waals surface area contributed by atoms with Gasteiger partial charge in [-0.3, -0.25) is 9.59 Å². The van der Waals surface area contributed by atoms with Gasteiger partial charge in [0.05, 0.1) is 17.2 Å². The molecule has 1 unspecified atom stereocenters. The SMILES string of the molecule is CC(C)C(NC(=O)c1ccccc1Cl)C(=O)N(C)CCCOc1ccc(F)cc1. The third-order valence-corrected chi connectivity index (χ3v) is 4.76. The molecule has 0 saturated heterocycles. The highest BCUT2D eigenvalue weighted by Gasteiger charge is 2.27. The van der Waals surface area contributed by atoms with Crippen LogP contribution in [0.15, 0.2) is 48.5 Å². The van der Waals surface area contributed by atoms with E-state index < -0.39 is 6.04 Å². The molecule has 1 atom stereocenters. The zero-order valence-electron chi connectivity index (χ0n) is 16.8. The fourth-order valence-corrected chi connectivity index (χ4v) is 2.97. The van der Waals surface area contributed by atoms with Gasteiger partial charge in [-0.25, -0.2) is 4.39 Å².